The fourth-order valence-electron chi connectivity index (χ4n) is 4.02. The second-order valence-corrected chi connectivity index (χ2v) is 7.11. The van der Waals surface area contributed by atoms with Crippen LogP contribution in [0, 0.1) is 20.8 Å². The molecule has 1 aromatic heterocycles. The van der Waals surface area contributed by atoms with Crippen molar-refractivity contribution in [2.24, 2.45) is 0 Å². The van der Waals surface area contributed by atoms with E-state index in [9.17, 15) is 5.11 Å². The summed E-state index contributed by atoms with van der Waals surface area (Å²) in [5.74, 6) is 1.74. The lowest BCUT2D eigenvalue weighted by atomic mass is 9.93. The Labute approximate surface area is 164 Å². The van der Waals surface area contributed by atoms with Gasteiger partial charge in [0.25, 0.3) is 0 Å². The molecule has 142 valence electrons. The van der Waals surface area contributed by atoms with Crippen LogP contribution in [0.3, 0.4) is 0 Å². The van der Waals surface area contributed by atoms with Crippen molar-refractivity contribution in [3.63, 3.8) is 0 Å². The topological polar surface area (TPSA) is 51.6 Å². The van der Waals surface area contributed by atoms with Crippen LogP contribution >= 0.6 is 0 Å². The number of hydrogen-bond acceptors (Lipinski definition) is 4. The molecule has 4 nitrogen and oxygen atoms in total. The summed E-state index contributed by atoms with van der Waals surface area (Å²) in [5.41, 5.74) is 4.53. The zero-order chi connectivity index (χ0) is 20.0. The predicted molar refractivity (Wildman–Crippen MR) is 114 cm³/mol. The molecular weight excluding hydrogens is 350 g/mol. The fraction of sp³-hybridized carbons (Fsp3) is 0.208. The van der Waals surface area contributed by atoms with Gasteiger partial charge in [0.1, 0.15) is 17.2 Å². The lowest BCUT2D eigenvalue weighted by Gasteiger charge is -2.17. The molecule has 3 aromatic carbocycles. The molecule has 0 fully saturated rings. The minimum absolute atomic E-state index is 0.245. The van der Waals surface area contributed by atoms with Gasteiger partial charge in [-0.05, 0) is 73.0 Å². The number of benzene rings is 3. The van der Waals surface area contributed by atoms with Crippen LogP contribution < -0.4 is 9.47 Å². The summed E-state index contributed by atoms with van der Waals surface area (Å²) in [6.45, 7) is 5.92. The van der Waals surface area contributed by atoms with Crippen LogP contribution in [0.25, 0.3) is 32.7 Å². The molecule has 0 saturated carbocycles. The van der Waals surface area contributed by atoms with Crippen molar-refractivity contribution in [3.8, 4) is 28.4 Å². The van der Waals surface area contributed by atoms with Crippen molar-refractivity contribution in [3.05, 3.63) is 59.4 Å². The Bertz CT molecular complexity index is 1230. The molecule has 4 rings (SSSR count). The highest BCUT2D eigenvalue weighted by molar-refractivity contribution is 6.07. The molecule has 0 spiro atoms. The first-order chi connectivity index (χ1) is 13.4. The van der Waals surface area contributed by atoms with E-state index in [1.54, 1.807) is 14.2 Å². The smallest absolute Gasteiger partial charge is 0.133 e. The molecular formula is C24H23NO3. The van der Waals surface area contributed by atoms with Crippen molar-refractivity contribution in [2.75, 3.05) is 14.2 Å². The minimum Gasteiger partial charge on any atom is -0.507 e. The predicted octanol–water partition coefficient (Wildman–Crippen LogP) is 5.70. The third-order valence-electron chi connectivity index (χ3n) is 5.19. The van der Waals surface area contributed by atoms with E-state index in [4.69, 9.17) is 9.47 Å². The lowest BCUT2D eigenvalue weighted by Crippen LogP contribution is -1.94. The van der Waals surface area contributed by atoms with Gasteiger partial charge >= 0.3 is 0 Å². The molecule has 1 heterocycles. The molecule has 4 heteroatoms. The Hall–Kier alpha value is -3.27. The summed E-state index contributed by atoms with van der Waals surface area (Å²) in [5, 5.41) is 14.8. The molecule has 0 saturated heterocycles. The highest BCUT2D eigenvalue weighted by Gasteiger charge is 2.18. The molecule has 4 aromatic rings. The molecule has 0 unspecified atom stereocenters. The van der Waals surface area contributed by atoms with Gasteiger partial charge in [0.05, 0.1) is 19.6 Å². The zero-order valence-corrected chi connectivity index (χ0v) is 16.8. The van der Waals surface area contributed by atoms with E-state index in [1.807, 2.05) is 57.2 Å². The summed E-state index contributed by atoms with van der Waals surface area (Å²) in [6, 6.07) is 14.0. The van der Waals surface area contributed by atoms with Crippen molar-refractivity contribution in [1.82, 2.24) is 4.98 Å². The van der Waals surface area contributed by atoms with Crippen molar-refractivity contribution in [1.29, 1.82) is 0 Å². The van der Waals surface area contributed by atoms with Gasteiger partial charge in [0, 0.05) is 22.3 Å². The van der Waals surface area contributed by atoms with Crippen LogP contribution in [0.4, 0.5) is 0 Å². The fourth-order valence-corrected chi connectivity index (χ4v) is 4.02. The number of phenols is 1. The number of aromatic nitrogens is 1. The van der Waals surface area contributed by atoms with Crippen molar-refractivity contribution in [2.45, 2.75) is 20.8 Å². The van der Waals surface area contributed by atoms with Gasteiger partial charge < -0.3 is 14.6 Å². The summed E-state index contributed by atoms with van der Waals surface area (Å²) < 4.78 is 11.2. The normalized spacial score (nSPS) is 11.2. The number of hydrogen-bond donors (Lipinski definition) is 1. The van der Waals surface area contributed by atoms with Crippen LogP contribution in [0.15, 0.2) is 42.5 Å². The molecule has 0 bridgehead atoms. The van der Waals surface area contributed by atoms with Gasteiger partial charge in [-0.3, -0.25) is 4.98 Å². The third-order valence-corrected chi connectivity index (χ3v) is 5.19. The lowest BCUT2D eigenvalue weighted by molar-refractivity contribution is 0.405. The van der Waals surface area contributed by atoms with Crippen LogP contribution in [-0.4, -0.2) is 24.3 Å². The minimum atomic E-state index is 0.245. The van der Waals surface area contributed by atoms with E-state index in [1.165, 1.54) is 0 Å². The Morgan fingerprint density at radius 2 is 1.50 bits per heavy atom. The first-order valence-corrected chi connectivity index (χ1v) is 9.20. The quantitative estimate of drug-likeness (QED) is 0.500. The SMILES string of the molecule is COc1ccc(-c2ccc3cc(C)nc(C)c3c2O)c2cc(C)cc(OC)c12. The molecule has 28 heavy (non-hydrogen) atoms. The number of rotatable bonds is 3. The second kappa shape index (κ2) is 6.71. The van der Waals surface area contributed by atoms with E-state index >= 15 is 0 Å². The molecule has 0 amide bonds. The monoisotopic (exact) mass is 373 g/mol. The number of methoxy groups -OCH3 is 2. The van der Waals surface area contributed by atoms with Crippen molar-refractivity contribution >= 4 is 21.5 Å². The van der Waals surface area contributed by atoms with Crippen LogP contribution in [-0.2, 0) is 0 Å². The Balaban J connectivity index is 2.10. The molecule has 0 radical (unpaired) electrons. The highest BCUT2D eigenvalue weighted by atomic mass is 16.5. The standard InChI is InChI=1S/C24H23NO3/c1-13-10-19-17(8-9-20(27-4)23(19)21(11-13)28-5)18-7-6-16-12-14(2)25-15(3)22(16)24(18)26/h6-12,26H,1-5H3. The molecule has 0 atom stereocenters. The number of nitrogens with zero attached hydrogens (tertiary/aromatic N) is 1. The van der Waals surface area contributed by atoms with E-state index in [-0.39, 0.29) is 5.75 Å². The largest absolute Gasteiger partial charge is 0.507 e. The van der Waals surface area contributed by atoms with E-state index in [2.05, 4.69) is 11.1 Å². The molecule has 0 aliphatic heterocycles. The number of aromatic hydroxyl groups is 1. The molecule has 1 N–H and O–H groups in total. The third kappa shape index (κ3) is 2.73. The van der Waals surface area contributed by atoms with Gasteiger partial charge in [-0.25, -0.2) is 0 Å². The Kier molecular flexibility index (Phi) is 4.34. The van der Waals surface area contributed by atoms with Gasteiger partial charge in [-0.2, -0.15) is 0 Å². The maximum absolute atomic E-state index is 11.2. The number of fused-ring (bicyclic) bond motifs is 2. The van der Waals surface area contributed by atoms with E-state index in [0.717, 1.165) is 61.1 Å². The van der Waals surface area contributed by atoms with Crippen LogP contribution in [0.1, 0.15) is 17.0 Å². The first kappa shape index (κ1) is 18.1. The summed E-state index contributed by atoms with van der Waals surface area (Å²) in [7, 11) is 3.31. The van der Waals surface area contributed by atoms with Gasteiger partial charge in [-0.1, -0.05) is 12.1 Å². The number of phenolic OH excluding ortho intramolecular Hbond substituents is 1. The van der Waals surface area contributed by atoms with Crippen molar-refractivity contribution < 1.29 is 14.6 Å². The maximum atomic E-state index is 11.2. The number of ether oxygens (including phenoxy) is 2. The number of pyridine rings is 1. The summed E-state index contributed by atoms with van der Waals surface area (Å²) in [4.78, 5) is 4.53. The van der Waals surface area contributed by atoms with Gasteiger partial charge in [0.2, 0.25) is 0 Å². The highest BCUT2D eigenvalue weighted by Crippen LogP contribution is 2.44. The van der Waals surface area contributed by atoms with Gasteiger partial charge in [0.15, 0.2) is 0 Å². The summed E-state index contributed by atoms with van der Waals surface area (Å²) >= 11 is 0. The van der Waals surface area contributed by atoms with Gasteiger partial charge in [-0.15, -0.1) is 0 Å². The second-order valence-electron chi connectivity index (χ2n) is 7.11. The van der Waals surface area contributed by atoms with E-state index < -0.39 is 0 Å². The van der Waals surface area contributed by atoms with Crippen LogP contribution in [0.2, 0.25) is 0 Å². The molecule has 0 aliphatic carbocycles. The maximum Gasteiger partial charge on any atom is 0.133 e. The average molecular weight is 373 g/mol. The Morgan fingerprint density at radius 3 is 2.21 bits per heavy atom. The molecule has 0 aliphatic rings. The average Bonchev–Trinajstić information content (AvgIpc) is 2.66. The first-order valence-electron chi connectivity index (χ1n) is 9.20. The van der Waals surface area contributed by atoms with E-state index in [0.29, 0.717) is 0 Å². The summed E-state index contributed by atoms with van der Waals surface area (Å²) in [6.07, 6.45) is 0. The zero-order valence-electron chi connectivity index (χ0n) is 16.8. The number of aryl methyl sites for hydroxylation is 3. The van der Waals surface area contributed by atoms with Crippen LogP contribution in [0.5, 0.6) is 17.2 Å². The Morgan fingerprint density at radius 1 is 0.786 bits per heavy atom.